The lowest BCUT2D eigenvalue weighted by atomic mass is 10.2. The predicted molar refractivity (Wildman–Crippen MR) is 57.5 cm³/mol. The van der Waals surface area contributed by atoms with Crippen molar-refractivity contribution in [3.05, 3.63) is 0 Å². The Morgan fingerprint density at radius 2 is 2.07 bits per heavy atom. The third-order valence-corrected chi connectivity index (χ3v) is 2.24. The fourth-order valence-electron chi connectivity index (χ4n) is 1.53. The molecule has 0 aromatic carbocycles. The van der Waals surface area contributed by atoms with Crippen LogP contribution in [0.5, 0.6) is 0 Å². The van der Waals surface area contributed by atoms with Gasteiger partial charge in [-0.1, -0.05) is 0 Å². The first-order chi connectivity index (χ1) is 6.58. The SMILES string of the molecule is CC(C)(C)OCCOC[C@@H]1CCCN1. The summed E-state index contributed by atoms with van der Waals surface area (Å²) in [7, 11) is 0. The third-order valence-electron chi connectivity index (χ3n) is 2.24. The van der Waals surface area contributed by atoms with Gasteiger partial charge in [-0.2, -0.15) is 0 Å². The van der Waals surface area contributed by atoms with E-state index < -0.39 is 0 Å². The van der Waals surface area contributed by atoms with Crippen LogP contribution in [0.3, 0.4) is 0 Å². The van der Waals surface area contributed by atoms with E-state index in [1.165, 1.54) is 12.8 Å². The van der Waals surface area contributed by atoms with Crippen LogP contribution in [0.15, 0.2) is 0 Å². The van der Waals surface area contributed by atoms with Gasteiger partial charge >= 0.3 is 0 Å². The van der Waals surface area contributed by atoms with Crippen LogP contribution in [0.25, 0.3) is 0 Å². The predicted octanol–water partition coefficient (Wildman–Crippen LogP) is 1.57. The lowest BCUT2D eigenvalue weighted by Gasteiger charge is -2.19. The number of nitrogens with one attached hydrogen (secondary N) is 1. The van der Waals surface area contributed by atoms with Crippen molar-refractivity contribution < 1.29 is 9.47 Å². The fraction of sp³-hybridized carbons (Fsp3) is 1.00. The van der Waals surface area contributed by atoms with Gasteiger partial charge in [-0.3, -0.25) is 0 Å². The Labute approximate surface area is 87.2 Å². The van der Waals surface area contributed by atoms with E-state index in [0.29, 0.717) is 19.3 Å². The Hall–Kier alpha value is -0.120. The van der Waals surface area contributed by atoms with E-state index in [1.54, 1.807) is 0 Å². The molecule has 1 heterocycles. The van der Waals surface area contributed by atoms with E-state index in [1.807, 2.05) is 0 Å². The Bertz CT molecular complexity index is 148. The number of ether oxygens (including phenoxy) is 2. The number of hydrogen-bond acceptors (Lipinski definition) is 3. The van der Waals surface area contributed by atoms with Gasteiger partial charge in [-0.15, -0.1) is 0 Å². The second kappa shape index (κ2) is 5.69. The highest BCUT2D eigenvalue weighted by atomic mass is 16.5. The summed E-state index contributed by atoms with van der Waals surface area (Å²) in [6, 6.07) is 0.574. The van der Waals surface area contributed by atoms with Crippen molar-refractivity contribution in [2.45, 2.75) is 45.3 Å². The van der Waals surface area contributed by atoms with E-state index in [-0.39, 0.29) is 5.60 Å². The molecule has 0 aromatic heterocycles. The van der Waals surface area contributed by atoms with E-state index in [0.717, 1.165) is 13.2 Å². The molecular formula is C11H23NO2. The third kappa shape index (κ3) is 5.58. The second-order valence-corrected chi connectivity index (χ2v) is 4.83. The highest BCUT2D eigenvalue weighted by molar-refractivity contribution is 4.73. The molecular weight excluding hydrogens is 178 g/mol. The lowest BCUT2D eigenvalue weighted by Crippen LogP contribution is -2.28. The summed E-state index contributed by atoms with van der Waals surface area (Å²) < 4.78 is 11.1. The Balaban J connectivity index is 1.89. The highest BCUT2D eigenvalue weighted by Crippen LogP contribution is 2.07. The fourth-order valence-corrected chi connectivity index (χ4v) is 1.53. The monoisotopic (exact) mass is 201 g/mol. The minimum atomic E-state index is -0.0467. The van der Waals surface area contributed by atoms with E-state index >= 15 is 0 Å². The smallest absolute Gasteiger partial charge is 0.0707 e. The maximum Gasteiger partial charge on any atom is 0.0707 e. The zero-order valence-electron chi connectivity index (χ0n) is 9.64. The molecule has 1 rings (SSSR count). The molecule has 0 saturated carbocycles. The minimum absolute atomic E-state index is 0.0467. The standard InChI is InChI=1S/C11H23NO2/c1-11(2,3)14-8-7-13-9-10-5-4-6-12-10/h10,12H,4-9H2,1-3H3/t10-/m0/s1. The van der Waals surface area contributed by atoms with Gasteiger partial charge in [-0.25, -0.2) is 0 Å². The Morgan fingerprint density at radius 1 is 1.29 bits per heavy atom. The summed E-state index contributed by atoms with van der Waals surface area (Å²) in [5.41, 5.74) is -0.0467. The average molecular weight is 201 g/mol. The average Bonchev–Trinajstić information content (AvgIpc) is 2.54. The topological polar surface area (TPSA) is 30.5 Å². The first-order valence-electron chi connectivity index (χ1n) is 5.53. The molecule has 1 aliphatic heterocycles. The van der Waals surface area contributed by atoms with Crippen molar-refractivity contribution in [3.8, 4) is 0 Å². The molecule has 1 aliphatic rings. The minimum Gasteiger partial charge on any atom is -0.377 e. The molecule has 0 amide bonds. The molecule has 0 radical (unpaired) electrons. The first kappa shape index (κ1) is 12.0. The van der Waals surface area contributed by atoms with Gasteiger partial charge in [-0.05, 0) is 40.2 Å². The van der Waals surface area contributed by atoms with Crippen molar-refractivity contribution in [2.75, 3.05) is 26.4 Å². The highest BCUT2D eigenvalue weighted by Gasteiger charge is 2.14. The van der Waals surface area contributed by atoms with Crippen LogP contribution in [-0.4, -0.2) is 38.0 Å². The Morgan fingerprint density at radius 3 is 2.64 bits per heavy atom. The number of hydrogen-bond donors (Lipinski definition) is 1. The summed E-state index contributed by atoms with van der Waals surface area (Å²) in [5, 5.41) is 3.40. The molecule has 3 nitrogen and oxygen atoms in total. The van der Waals surface area contributed by atoms with Crippen molar-refractivity contribution in [2.24, 2.45) is 0 Å². The molecule has 0 aromatic rings. The van der Waals surface area contributed by atoms with Gasteiger partial charge in [0.1, 0.15) is 0 Å². The Kier molecular flexibility index (Phi) is 4.85. The first-order valence-corrected chi connectivity index (χ1v) is 5.53. The van der Waals surface area contributed by atoms with E-state index in [4.69, 9.17) is 9.47 Å². The van der Waals surface area contributed by atoms with Crippen LogP contribution in [0.4, 0.5) is 0 Å². The summed E-state index contributed by atoms with van der Waals surface area (Å²) >= 11 is 0. The molecule has 1 N–H and O–H groups in total. The van der Waals surface area contributed by atoms with Gasteiger partial charge in [0.05, 0.1) is 25.4 Å². The second-order valence-electron chi connectivity index (χ2n) is 4.83. The summed E-state index contributed by atoms with van der Waals surface area (Å²) in [4.78, 5) is 0. The van der Waals surface area contributed by atoms with Gasteiger partial charge in [0.25, 0.3) is 0 Å². The van der Waals surface area contributed by atoms with E-state index in [9.17, 15) is 0 Å². The maximum atomic E-state index is 5.55. The molecule has 14 heavy (non-hydrogen) atoms. The maximum absolute atomic E-state index is 5.55. The molecule has 0 unspecified atom stereocenters. The molecule has 3 heteroatoms. The van der Waals surface area contributed by atoms with Crippen LogP contribution >= 0.6 is 0 Å². The van der Waals surface area contributed by atoms with Crippen LogP contribution in [0.2, 0.25) is 0 Å². The molecule has 0 spiro atoms. The van der Waals surface area contributed by atoms with Gasteiger partial charge < -0.3 is 14.8 Å². The van der Waals surface area contributed by atoms with Crippen LogP contribution in [0, 0.1) is 0 Å². The van der Waals surface area contributed by atoms with Crippen molar-refractivity contribution in [1.82, 2.24) is 5.32 Å². The molecule has 1 fully saturated rings. The summed E-state index contributed by atoms with van der Waals surface area (Å²) in [5.74, 6) is 0. The van der Waals surface area contributed by atoms with Gasteiger partial charge in [0, 0.05) is 6.04 Å². The van der Waals surface area contributed by atoms with Gasteiger partial charge in [0.2, 0.25) is 0 Å². The van der Waals surface area contributed by atoms with E-state index in [2.05, 4.69) is 26.1 Å². The molecule has 1 atom stereocenters. The van der Waals surface area contributed by atoms with Crippen LogP contribution < -0.4 is 5.32 Å². The molecule has 0 bridgehead atoms. The zero-order valence-corrected chi connectivity index (χ0v) is 9.64. The normalized spacial score (nSPS) is 22.9. The quantitative estimate of drug-likeness (QED) is 0.685. The van der Waals surface area contributed by atoms with Crippen molar-refractivity contribution in [1.29, 1.82) is 0 Å². The zero-order chi connectivity index (χ0) is 10.4. The molecule has 0 aliphatic carbocycles. The summed E-state index contributed by atoms with van der Waals surface area (Å²) in [6.07, 6.45) is 2.53. The lowest BCUT2D eigenvalue weighted by molar-refractivity contribution is -0.0367. The largest absolute Gasteiger partial charge is 0.377 e. The summed E-state index contributed by atoms with van der Waals surface area (Å²) in [6.45, 7) is 9.55. The van der Waals surface area contributed by atoms with Crippen LogP contribution in [0.1, 0.15) is 33.6 Å². The van der Waals surface area contributed by atoms with Crippen molar-refractivity contribution >= 4 is 0 Å². The molecule has 1 saturated heterocycles. The molecule has 84 valence electrons. The van der Waals surface area contributed by atoms with Gasteiger partial charge in [0.15, 0.2) is 0 Å². The van der Waals surface area contributed by atoms with Crippen LogP contribution in [-0.2, 0) is 9.47 Å². The number of rotatable bonds is 5. The van der Waals surface area contributed by atoms with Crippen molar-refractivity contribution in [3.63, 3.8) is 0 Å².